The summed E-state index contributed by atoms with van der Waals surface area (Å²) >= 11 is 1.17. The minimum Gasteiger partial charge on any atom is -0.337 e. The Bertz CT molecular complexity index is 1180. The zero-order chi connectivity index (χ0) is 21.1. The van der Waals surface area contributed by atoms with E-state index in [-0.39, 0.29) is 27.4 Å². The Balaban J connectivity index is 1.43. The second kappa shape index (κ2) is 8.50. The second-order valence-electron chi connectivity index (χ2n) is 6.92. The molecule has 10 heteroatoms. The number of hydrogen-bond donors (Lipinski definition) is 1. The summed E-state index contributed by atoms with van der Waals surface area (Å²) in [6.45, 7) is 0.811. The lowest BCUT2D eigenvalue weighted by atomic mass is 10.1. The summed E-state index contributed by atoms with van der Waals surface area (Å²) in [5.74, 6) is -0.278. The van der Waals surface area contributed by atoms with Crippen LogP contribution in [0.25, 0.3) is 5.69 Å². The van der Waals surface area contributed by atoms with Gasteiger partial charge in [0, 0.05) is 25.2 Å². The Hall–Kier alpha value is -2.82. The molecule has 4 rings (SSSR count). The van der Waals surface area contributed by atoms with Gasteiger partial charge in [-0.25, -0.2) is 13.1 Å². The molecule has 0 aliphatic carbocycles. The average Bonchev–Trinajstić information content (AvgIpc) is 3.31. The molecule has 1 amide bonds. The molecule has 0 bridgehead atoms. The number of amides is 1. The first kappa shape index (κ1) is 20.5. The molecule has 2 aromatic heterocycles. The predicted octanol–water partition coefficient (Wildman–Crippen LogP) is 1.88. The predicted molar refractivity (Wildman–Crippen MR) is 113 cm³/mol. The van der Waals surface area contributed by atoms with Crippen molar-refractivity contribution in [3.8, 4) is 5.69 Å². The number of likely N-dealkylation sites (tertiary alicyclic amines) is 1. The van der Waals surface area contributed by atoms with E-state index >= 15 is 0 Å². The molecule has 1 aromatic carbocycles. The third-order valence-corrected chi connectivity index (χ3v) is 7.80. The van der Waals surface area contributed by atoms with Gasteiger partial charge < -0.3 is 4.90 Å². The van der Waals surface area contributed by atoms with Crippen molar-refractivity contribution in [1.82, 2.24) is 19.4 Å². The lowest BCUT2D eigenvalue weighted by molar-refractivity contribution is 0.0703. The number of carbonyl (C=O) groups excluding carboxylic acids is 1. The van der Waals surface area contributed by atoms with Crippen LogP contribution < -0.4 is 10.3 Å². The quantitative estimate of drug-likeness (QED) is 0.648. The van der Waals surface area contributed by atoms with E-state index in [0.717, 1.165) is 0 Å². The van der Waals surface area contributed by atoms with Crippen LogP contribution in [0.5, 0.6) is 0 Å². The van der Waals surface area contributed by atoms with E-state index in [2.05, 4.69) is 9.82 Å². The fourth-order valence-electron chi connectivity index (χ4n) is 3.34. The highest BCUT2D eigenvalue weighted by atomic mass is 32.2. The molecule has 0 saturated carbocycles. The van der Waals surface area contributed by atoms with Gasteiger partial charge in [-0.3, -0.25) is 9.59 Å². The molecule has 0 spiro atoms. The van der Waals surface area contributed by atoms with Gasteiger partial charge in [0.15, 0.2) is 0 Å². The summed E-state index contributed by atoms with van der Waals surface area (Å²) in [7, 11) is -3.53. The minimum atomic E-state index is -3.53. The van der Waals surface area contributed by atoms with Gasteiger partial charge in [0.05, 0.1) is 5.69 Å². The highest BCUT2D eigenvalue weighted by molar-refractivity contribution is 7.91. The summed E-state index contributed by atoms with van der Waals surface area (Å²) in [6, 6.07) is 14.7. The number of rotatable bonds is 5. The molecule has 3 aromatic rings. The number of hydrogen-bond acceptors (Lipinski definition) is 6. The standard InChI is InChI=1S/C20H20N4O4S2/c25-18-9-8-17(21-24(18)16-5-2-1-3-6-16)20(26)23-12-10-15(11-13-23)22-30(27,28)19-7-4-14-29-19/h1-9,14-15,22H,10-13H2. The van der Waals surface area contributed by atoms with E-state index in [9.17, 15) is 18.0 Å². The number of carbonyl (C=O) groups is 1. The molecule has 0 unspecified atom stereocenters. The summed E-state index contributed by atoms with van der Waals surface area (Å²) in [5.41, 5.74) is 0.439. The van der Waals surface area contributed by atoms with Crippen LogP contribution >= 0.6 is 11.3 Å². The van der Waals surface area contributed by atoms with E-state index in [4.69, 9.17) is 0 Å². The molecule has 30 heavy (non-hydrogen) atoms. The maximum atomic E-state index is 12.9. The fraction of sp³-hybridized carbons (Fsp3) is 0.250. The number of thiophene rings is 1. The van der Waals surface area contributed by atoms with E-state index in [1.807, 2.05) is 6.07 Å². The van der Waals surface area contributed by atoms with Crippen molar-refractivity contribution in [1.29, 1.82) is 0 Å². The first-order chi connectivity index (χ1) is 14.4. The van der Waals surface area contributed by atoms with Crippen LogP contribution in [0.3, 0.4) is 0 Å². The van der Waals surface area contributed by atoms with Gasteiger partial charge in [0.2, 0.25) is 10.0 Å². The van der Waals surface area contributed by atoms with Crippen LogP contribution in [0.4, 0.5) is 0 Å². The van der Waals surface area contributed by atoms with Gasteiger partial charge in [0.25, 0.3) is 11.5 Å². The Morgan fingerprint density at radius 2 is 1.77 bits per heavy atom. The number of sulfonamides is 1. The number of aromatic nitrogens is 2. The Kier molecular flexibility index (Phi) is 5.80. The molecular formula is C20H20N4O4S2. The molecule has 0 radical (unpaired) electrons. The van der Waals surface area contributed by atoms with Crippen LogP contribution in [-0.4, -0.2) is 48.1 Å². The lowest BCUT2D eigenvalue weighted by Crippen LogP contribution is -2.46. The van der Waals surface area contributed by atoms with Gasteiger partial charge >= 0.3 is 0 Å². The van der Waals surface area contributed by atoms with Crippen LogP contribution in [0.1, 0.15) is 23.3 Å². The van der Waals surface area contributed by atoms with Crippen LogP contribution in [0.15, 0.2) is 69.0 Å². The first-order valence-electron chi connectivity index (χ1n) is 9.45. The first-order valence-corrected chi connectivity index (χ1v) is 11.8. The zero-order valence-corrected chi connectivity index (χ0v) is 17.6. The Morgan fingerprint density at radius 3 is 2.43 bits per heavy atom. The number of para-hydroxylation sites is 1. The number of nitrogens with zero attached hydrogens (tertiary/aromatic N) is 3. The van der Waals surface area contributed by atoms with Crippen molar-refractivity contribution in [2.75, 3.05) is 13.1 Å². The highest BCUT2D eigenvalue weighted by Crippen LogP contribution is 2.19. The minimum absolute atomic E-state index is 0.177. The largest absolute Gasteiger partial charge is 0.337 e. The molecule has 3 heterocycles. The van der Waals surface area contributed by atoms with Gasteiger partial charge in [-0.2, -0.15) is 9.78 Å². The van der Waals surface area contributed by atoms with Gasteiger partial charge in [-0.05, 0) is 42.5 Å². The average molecular weight is 445 g/mol. The zero-order valence-electron chi connectivity index (χ0n) is 16.0. The fourth-order valence-corrected chi connectivity index (χ4v) is 5.65. The Labute approximate surface area is 177 Å². The topological polar surface area (TPSA) is 101 Å². The maximum absolute atomic E-state index is 12.9. The van der Waals surface area contributed by atoms with Crippen molar-refractivity contribution < 1.29 is 13.2 Å². The maximum Gasteiger partial charge on any atom is 0.274 e. The van der Waals surface area contributed by atoms with Crippen LogP contribution in [0, 0.1) is 0 Å². The third-order valence-electron chi connectivity index (χ3n) is 4.88. The number of benzene rings is 1. The lowest BCUT2D eigenvalue weighted by Gasteiger charge is -2.32. The van der Waals surface area contributed by atoms with Gasteiger partial charge in [-0.1, -0.05) is 24.3 Å². The van der Waals surface area contributed by atoms with Crippen molar-refractivity contribution in [2.45, 2.75) is 23.1 Å². The molecule has 0 atom stereocenters. The van der Waals surface area contributed by atoms with Crippen LogP contribution in [0.2, 0.25) is 0 Å². The molecule has 1 aliphatic rings. The molecule has 1 aliphatic heterocycles. The molecule has 1 N–H and O–H groups in total. The van der Waals surface area contributed by atoms with Crippen molar-refractivity contribution in [2.24, 2.45) is 0 Å². The SMILES string of the molecule is O=C(c1ccc(=O)n(-c2ccccc2)n1)N1CCC(NS(=O)(=O)c2cccs2)CC1. The second-order valence-corrected chi connectivity index (χ2v) is 9.81. The smallest absolute Gasteiger partial charge is 0.274 e. The van der Waals surface area contributed by atoms with Crippen LogP contribution in [-0.2, 0) is 10.0 Å². The number of piperidine rings is 1. The highest BCUT2D eigenvalue weighted by Gasteiger charge is 2.28. The van der Waals surface area contributed by atoms with Crippen molar-refractivity contribution >= 4 is 27.3 Å². The third kappa shape index (κ3) is 4.35. The Morgan fingerprint density at radius 1 is 1.03 bits per heavy atom. The van der Waals surface area contributed by atoms with Gasteiger partial charge in [-0.15, -0.1) is 11.3 Å². The van der Waals surface area contributed by atoms with Crippen molar-refractivity contribution in [3.05, 3.63) is 76.0 Å². The molecule has 156 valence electrons. The van der Waals surface area contributed by atoms with Gasteiger partial charge in [0.1, 0.15) is 9.90 Å². The summed E-state index contributed by atoms with van der Waals surface area (Å²) in [6.07, 6.45) is 1.02. The van der Waals surface area contributed by atoms with E-state index in [1.54, 1.807) is 46.7 Å². The monoisotopic (exact) mass is 444 g/mol. The molecule has 8 nitrogen and oxygen atoms in total. The van der Waals surface area contributed by atoms with E-state index in [1.165, 1.54) is 28.2 Å². The summed E-state index contributed by atoms with van der Waals surface area (Å²) < 4.78 is 29.0. The molecule has 1 saturated heterocycles. The molecular weight excluding hydrogens is 424 g/mol. The van der Waals surface area contributed by atoms with E-state index < -0.39 is 10.0 Å². The number of nitrogens with one attached hydrogen (secondary N) is 1. The van der Waals surface area contributed by atoms with Crippen molar-refractivity contribution in [3.63, 3.8) is 0 Å². The summed E-state index contributed by atoms with van der Waals surface area (Å²) in [5, 5.41) is 5.95. The molecule has 1 fully saturated rings. The summed E-state index contributed by atoms with van der Waals surface area (Å²) in [4.78, 5) is 26.7. The van der Waals surface area contributed by atoms with E-state index in [0.29, 0.717) is 31.6 Å². The normalized spacial score (nSPS) is 15.3.